The molecule has 4 rings (SSSR count). The van der Waals surface area contributed by atoms with Crippen LogP contribution in [0.25, 0.3) is 10.9 Å². The monoisotopic (exact) mass is 503 g/mol. The lowest BCUT2D eigenvalue weighted by Gasteiger charge is -2.24. The van der Waals surface area contributed by atoms with Gasteiger partial charge in [0, 0.05) is 45.0 Å². The maximum atomic E-state index is 13.4. The normalized spacial score (nSPS) is 12.3. The van der Waals surface area contributed by atoms with Gasteiger partial charge >= 0.3 is 0 Å². The van der Waals surface area contributed by atoms with Gasteiger partial charge in [-0.3, -0.25) is 4.79 Å². The number of ether oxygens (including phenoxy) is 1. The molecule has 1 atom stereocenters. The van der Waals surface area contributed by atoms with Gasteiger partial charge in [0.05, 0.1) is 7.11 Å². The molecule has 3 nitrogen and oxygen atoms in total. The van der Waals surface area contributed by atoms with E-state index in [1.165, 1.54) is 27.7 Å². The zero-order chi connectivity index (χ0) is 23.7. The van der Waals surface area contributed by atoms with Gasteiger partial charge in [-0.2, -0.15) is 0 Å². The molecule has 0 aliphatic heterocycles. The van der Waals surface area contributed by atoms with Crippen molar-refractivity contribution in [1.29, 1.82) is 0 Å². The van der Waals surface area contributed by atoms with Crippen molar-refractivity contribution in [3.8, 4) is 5.75 Å². The first kappa shape index (κ1) is 23.3. The SMILES string of the molecule is COc1ccc(C(CC(=O)c2ccc(Br)cc2)c2c(C)c3cc(C)ccc3n2C(C)C)cc1. The Balaban J connectivity index is 1.89. The third-order valence-corrected chi connectivity index (χ3v) is 6.91. The van der Waals surface area contributed by atoms with Crippen molar-refractivity contribution in [3.63, 3.8) is 0 Å². The van der Waals surface area contributed by atoms with Gasteiger partial charge in [0.25, 0.3) is 0 Å². The van der Waals surface area contributed by atoms with Crippen molar-refractivity contribution in [3.05, 3.63) is 99.2 Å². The standard InChI is InChI=1S/C29H30BrNO2/c1-18(2)31-27-15-6-19(3)16-25(27)20(4)29(31)26(21-9-13-24(33-5)14-10-21)17-28(32)22-7-11-23(30)12-8-22/h6-16,18,26H,17H2,1-5H3. The van der Waals surface area contributed by atoms with E-state index in [0.717, 1.165) is 21.3 Å². The Hall–Kier alpha value is -2.85. The number of aromatic nitrogens is 1. The van der Waals surface area contributed by atoms with Crippen molar-refractivity contribution in [2.24, 2.45) is 0 Å². The number of carbonyl (C=O) groups excluding carboxylic acids is 1. The summed E-state index contributed by atoms with van der Waals surface area (Å²) in [6.45, 7) is 8.74. The Morgan fingerprint density at radius 3 is 2.24 bits per heavy atom. The third-order valence-electron chi connectivity index (χ3n) is 6.38. The van der Waals surface area contributed by atoms with Gasteiger partial charge in [-0.05, 0) is 75.2 Å². The first-order chi connectivity index (χ1) is 15.8. The summed E-state index contributed by atoms with van der Waals surface area (Å²) in [6.07, 6.45) is 0.400. The van der Waals surface area contributed by atoms with Crippen LogP contribution in [0.3, 0.4) is 0 Å². The Morgan fingerprint density at radius 1 is 0.970 bits per heavy atom. The summed E-state index contributed by atoms with van der Waals surface area (Å²) >= 11 is 3.47. The molecular weight excluding hydrogens is 474 g/mol. The van der Waals surface area contributed by atoms with Crippen LogP contribution in [0.2, 0.25) is 0 Å². The number of carbonyl (C=O) groups is 1. The number of benzene rings is 3. The third kappa shape index (κ3) is 4.63. The molecule has 4 aromatic rings. The molecule has 0 N–H and O–H groups in total. The fourth-order valence-electron chi connectivity index (χ4n) is 4.74. The highest BCUT2D eigenvalue weighted by Gasteiger charge is 2.27. The van der Waals surface area contributed by atoms with Crippen LogP contribution in [0.1, 0.15) is 65.0 Å². The molecule has 170 valence electrons. The van der Waals surface area contributed by atoms with Gasteiger partial charge in [-0.1, -0.05) is 51.8 Å². The van der Waals surface area contributed by atoms with E-state index in [0.29, 0.717) is 6.42 Å². The van der Waals surface area contributed by atoms with Crippen molar-refractivity contribution in [2.45, 2.75) is 46.1 Å². The van der Waals surface area contributed by atoms with E-state index >= 15 is 0 Å². The van der Waals surface area contributed by atoms with Crippen LogP contribution in [-0.2, 0) is 0 Å². The molecule has 1 heterocycles. The molecule has 0 spiro atoms. The molecular formula is C29H30BrNO2. The van der Waals surface area contributed by atoms with E-state index in [9.17, 15) is 4.79 Å². The minimum atomic E-state index is -0.0674. The maximum Gasteiger partial charge on any atom is 0.163 e. The largest absolute Gasteiger partial charge is 0.497 e. The van der Waals surface area contributed by atoms with Gasteiger partial charge in [0.2, 0.25) is 0 Å². The smallest absolute Gasteiger partial charge is 0.163 e. The van der Waals surface area contributed by atoms with Crippen LogP contribution in [0.15, 0.2) is 71.2 Å². The van der Waals surface area contributed by atoms with Crippen LogP contribution in [-0.4, -0.2) is 17.5 Å². The quantitative estimate of drug-likeness (QED) is 0.239. The summed E-state index contributed by atoms with van der Waals surface area (Å²) in [5, 5.41) is 1.26. The molecule has 0 radical (unpaired) electrons. The fourth-order valence-corrected chi connectivity index (χ4v) is 5.01. The Bertz CT molecular complexity index is 1280. The summed E-state index contributed by atoms with van der Waals surface area (Å²) in [5.74, 6) is 0.884. The van der Waals surface area contributed by atoms with Crippen molar-refractivity contribution in [2.75, 3.05) is 7.11 Å². The van der Waals surface area contributed by atoms with Crippen LogP contribution in [0.4, 0.5) is 0 Å². The van der Waals surface area contributed by atoms with Crippen molar-refractivity contribution in [1.82, 2.24) is 4.57 Å². The minimum Gasteiger partial charge on any atom is -0.497 e. The number of Topliss-reactive ketones (excluding diaryl/α,β-unsaturated/α-hetero) is 1. The second-order valence-electron chi connectivity index (χ2n) is 8.95. The predicted octanol–water partition coefficient (Wildman–Crippen LogP) is 8.02. The van der Waals surface area contributed by atoms with Gasteiger partial charge in [-0.15, -0.1) is 0 Å². The van der Waals surface area contributed by atoms with E-state index in [1.807, 2.05) is 36.4 Å². The molecule has 0 fully saturated rings. The van der Waals surface area contributed by atoms with Gasteiger partial charge in [0.15, 0.2) is 5.78 Å². The molecule has 1 aromatic heterocycles. The molecule has 1 unspecified atom stereocenters. The highest BCUT2D eigenvalue weighted by atomic mass is 79.9. The molecule has 4 heteroatoms. The average Bonchev–Trinajstić information content (AvgIpc) is 3.09. The number of hydrogen-bond acceptors (Lipinski definition) is 2. The van der Waals surface area contributed by atoms with Crippen LogP contribution in [0.5, 0.6) is 5.75 Å². The van der Waals surface area contributed by atoms with Crippen LogP contribution < -0.4 is 4.74 Å². The zero-order valence-electron chi connectivity index (χ0n) is 19.9. The Morgan fingerprint density at radius 2 is 1.64 bits per heavy atom. The number of rotatable bonds is 7. The predicted molar refractivity (Wildman–Crippen MR) is 140 cm³/mol. The molecule has 0 saturated carbocycles. The number of halogens is 1. The number of nitrogens with zero attached hydrogens (tertiary/aromatic N) is 1. The lowest BCUT2D eigenvalue weighted by atomic mass is 9.86. The maximum absolute atomic E-state index is 13.4. The highest BCUT2D eigenvalue weighted by Crippen LogP contribution is 2.39. The topological polar surface area (TPSA) is 31.2 Å². The molecule has 0 aliphatic carbocycles. The van der Waals surface area contributed by atoms with Crippen LogP contribution in [0, 0.1) is 13.8 Å². The first-order valence-corrected chi connectivity index (χ1v) is 12.1. The summed E-state index contributed by atoms with van der Waals surface area (Å²) in [4.78, 5) is 13.4. The number of hydrogen-bond donors (Lipinski definition) is 0. The molecule has 0 saturated heterocycles. The molecule has 0 aliphatic rings. The zero-order valence-corrected chi connectivity index (χ0v) is 21.4. The summed E-state index contributed by atoms with van der Waals surface area (Å²) in [5.41, 5.74) is 6.76. The highest BCUT2D eigenvalue weighted by molar-refractivity contribution is 9.10. The number of fused-ring (bicyclic) bond motifs is 1. The van der Waals surface area contributed by atoms with E-state index in [2.05, 4.69) is 78.5 Å². The molecule has 0 bridgehead atoms. The summed E-state index contributed by atoms with van der Waals surface area (Å²) in [7, 11) is 1.67. The number of ketones is 1. The molecule has 33 heavy (non-hydrogen) atoms. The van der Waals surface area contributed by atoms with Crippen molar-refractivity contribution < 1.29 is 9.53 Å². The van der Waals surface area contributed by atoms with Gasteiger partial charge < -0.3 is 9.30 Å². The summed E-state index contributed by atoms with van der Waals surface area (Å²) < 4.78 is 8.77. The fraction of sp³-hybridized carbons (Fsp3) is 0.276. The molecule has 3 aromatic carbocycles. The van der Waals surface area contributed by atoms with Gasteiger partial charge in [0.1, 0.15) is 5.75 Å². The van der Waals surface area contributed by atoms with Crippen molar-refractivity contribution >= 4 is 32.6 Å². The van der Waals surface area contributed by atoms with E-state index < -0.39 is 0 Å². The first-order valence-electron chi connectivity index (χ1n) is 11.3. The lowest BCUT2D eigenvalue weighted by molar-refractivity contribution is 0.0976. The Kier molecular flexibility index (Phi) is 6.76. The minimum absolute atomic E-state index is 0.0674. The number of aryl methyl sites for hydroxylation is 2. The average molecular weight is 504 g/mol. The number of methoxy groups -OCH3 is 1. The summed E-state index contributed by atoms with van der Waals surface area (Å²) in [6, 6.07) is 22.7. The second kappa shape index (κ2) is 9.56. The lowest BCUT2D eigenvalue weighted by Crippen LogP contribution is -2.16. The van der Waals surface area contributed by atoms with Gasteiger partial charge in [-0.25, -0.2) is 0 Å². The molecule has 0 amide bonds. The van der Waals surface area contributed by atoms with E-state index in [4.69, 9.17) is 4.74 Å². The second-order valence-corrected chi connectivity index (χ2v) is 9.87. The van der Waals surface area contributed by atoms with E-state index in [-0.39, 0.29) is 17.7 Å². The Labute approximate surface area is 204 Å². The van der Waals surface area contributed by atoms with Crippen LogP contribution >= 0.6 is 15.9 Å². The van der Waals surface area contributed by atoms with E-state index in [1.54, 1.807) is 7.11 Å².